The van der Waals surface area contributed by atoms with Gasteiger partial charge in [0.1, 0.15) is 0 Å². The summed E-state index contributed by atoms with van der Waals surface area (Å²) in [6.45, 7) is 0. The van der Waals surface area contributed by atoms with Crippen LogP contribution in [0.25, 0.3) is 0 Å². The summed E-state index contributed by atoms with van der Waals surface area (Å²) >= 11 is 14.6. The lowest BCUT2D eigenvalue weighted by Gasteiger charge is -2.14. The molecule has 0 atom stereocenters. The summed E-state index contributed by atoms with van der Waals surface area (Å²) in [7, 11) is 1.39. The van der Waals surface area contributed by atoms with Crippen LogP contribution in [0.3, 0.4) is 0 Å². The minimum Gasteiger partial charge on any atom is -0.468 e. The Bertz CT molecular complexity index is 553. The van der Waals surface area contributed by atoms with Gasteiger partial charge >= 0.3 is 5.97 Å². The molecule has 0 radical (unpaired) electrons. The van der Waals surface area contributed by atoms with E-state index in [-0.39, 0.29) is 5.97 Å². The zero-order chi connectivity index (χ0) is 15.2. The molecular weight excluding hydrogens is 347 g/mol. The molecule has 0 fully saturated rings. The van der Waals surface area contributed by atoms with Gasteiger partial charge in [0.05, 0.1) is 7.11 Å². The molecule has 0 unspecified atom stereocenters. The number of carbonyl (C=O) groups is 1. The molecule has 0 saturated carbocycles. The number of hydrogen-bond donors (Lipinski definition) is 0. The molecule has 21 heavy (non-hydrogen) atoms. The number of halogens is 2. The average Bonchev–Trinajstić information content (AvgIpc) is 2.50. The van der Waals surface area contributed by atoms with Crippen molar-refractivity contribution in [3.63, 3.8) is 0 Å². The zero-order valence-electron chi connectivity index (χ0n) is 11.1. The van der Waals surface area contributed by atoms with Gasteiger partial charge < -0.3 is 4.74 Å². The van der Waals surface area contributed by atoms with Gasteiger partial charge in [-0.2, -0.15) is 0 Å². The highest BCUT2D eigenvalue weighted by atomic mass is 35.5. The Kier molecular flexibility index (Phi) is 6.30. The van der Waals surface area contributed by atoms with Crippen LogP contribution in [0, 0.1) is 0 Å². The van der Waals surface area contributed by atoms with E-state index in [4.69, 9.17) is 27.9 Å². The first kappa shape index (κ1) is 16.6. The fourth-order valence-electron chi connectivity index (χ4n) is 1.49. The molecule has 0 spiro atoms. The first-order valence-electron chi connectivity index (χ1n) is 6.01. The Hall–Kier alpha value is -0.810. The van der Waals surface area contributed by atoms with Crippen molar-refractivity contribution in [2.24, 2.45) is 0 Å². The highest BCUT2D eigenvalue weighted by Gasteiger charge is 2.22. The van der Waals surface area contributed by atoms with Crippen LogP contribution in [0.2, 0.25) is 10.0 Å². The highest BCUT2D eigenvalue weighted by molar-refractivity contribution is 8.18. The molecule has 2 rings (SSSR count). The minimum atomic E-state index is -0.391. The molecule has 2 aromatic rings. The second-order valence-corrected chi connectivity index (χ2v) is 7.53. The number of carbonyl (C=O) groups excluding carboxylic acids is 1. The molecule has 110 valence electrons. The summed E-state index contributed by atoms with van der Waals surface area (Å²) in [5.74, 6) is -0.283. The highest BCUT2D eigenvalue weighted by Crippen LogP contribution is 2.36. The van der Waals surface area contributed by atoms with E-state index < -0.39 is 4.58 Å². The number of rotatable bonds is 5. The molecule has 0 aliphatic rings. The SMILES string of the molecule is COC(=O)C(Sc1ccc(Cl)cc1)Sc1ccc(Cl)cc1. The molecule has 0 aliphatic heterocycles. The summed E-state index contributed by atoms with van der Waals surface area (Å²) < 4.78 is 4.48. The normalized spacial score (nSPS) is 10.7. The summed E-state index contributed by atoms with van der Waals surface area (Å²) in [5.41, 5.74) is 0. The standard InChI is InChI=1S/C15H12Cl2O2S2/c1-19-14(18)15(20-12-6-2-10(16)3-7-12)21-13-8-4-11(17)5-9-13/h2-9,15H,1H3. The van der Waals surface area contributed by atoms with Crippen molar-refractivity contribution in [3.8, 4) is 0 Å². The largest absolute Gasteiger partial charge is 0.468 e. The van der Waals surface area contributed by atoms with E-state index in [9.17, 15) is 4.79 Å². The molecule has 0 heterocycles. The molecule has 0 amide bonds. The van der Waals surface area contributed by atoms with Gasteiger partial charge in [-0.05, 0) is 48.5 Å². The molecule has 0 bridgehead atoms. The maximum Gasteiger partial charge on any atom is 0.329 e. The monoisotopic (exact) mass is 358 g/mol. The van der Waals surface area contributed by atoms with E-state index >= 15 is 0 Å². The predicted molar refractivity (Wildman–Crippen MR) is 90.4 cm³/mol. The number of benzene rings is 2. The Labute approximate surface area is 142 Å². The minimum absolute atomic E-state index is 0.283. The van der Waals surface area contributed by atoms with Crippen LogP contribution >= 0.6 is 46.7 Å². The first-order chi connectivity index (χ1) is 10.1. The molecule has 0 aromatic heterocycles. The van der Waals surface area contributed by atoms with Crippen molar-refractivity contribution in [2.75, 3.05) is 7.11 Å². The Morgan fingerprint density at radius 1 is 0.905 bits per heavy atom. The number of methoxy groups -OCH3 is 1. The number of hydrogen-bond acceptors (Lipinski definition) is 4. The van der Waals surface area contributed by atoms with Crippen LogP contribution in [0.5, 0.6) is 0 Å². The molecule has 2 aromatic carbocycles. The van der Waals surface area contributed by atoms with Crippen LogP contribution in [0.1, 0.15) is 0 Å². The summed E-state index contributed by atoms with van der Waals surface area (Å²) in [6.07, 6.45) is 0. The Balaban J connectivity index is 2.12. The van der Waals surface area contributed by atoms with Crippen molar-refractivity contribution in [1.82, 2.24) is 0 Å². The van der Waals surface area contributed by atoms with Crippen molar-refractivity contribution >= 4 is 52.7 Å². The van der Waals surface area contributed by atoms with Crippen LogP contribution < -0.4 is 0 Å². The van der Waals surface area contributed by atoms with Crippen LogP contribution in [0.15, 0.2) is 58.3 Å². The molecule has 0 N–H and O–H groups in total. The van der Waals surface area contributed by atoms with Gasteiger partial charge in [0.15, 0.2) is 4.58 Å². The van der Waals surface area contributed by atoms with Gasteiger partial charge in [-0.3, -0.25) is 0 Å². The lowest BCUT2D eigenvalue weighted by molar-refractivity contribution is -0.138. The molecule has 2 nitrogen and oxygen atoms in total. The van der Waals surface area contributed by atoms with Crippen LogP contribution in [0.4, 0.5) is 0 Å². The summed E-state index contributed by atoms with van der Waals surface area (Å²) in [5, 5.41) is 1.33. The lowest BCUT2D eigenvalue weighted by atomic mass is 10.4. The summed E-state index contributed by atoms with van der Waals surface area (Å²) in [4.78, 5) is 13.8. The van der Waals surface area contributed by atoms with Crippen molar-refractivity contribution < 1.29 is 9.53 Å². The van der Waals surface area contributed by atoms with Crippen molar-refractivity contribution in [3.05, 3.63) is 58.6 Å². The van der Waals surface area contributed by atoms with E-state index in [2.05, 4.69) is 0 Å². The molecule has 0 aliphatic carbocycles. The Morgan fingerprint density at radius 3 is 1.62 bits per heavy atom. The van der Waals surface area contributed by atoms with E-state index in [0.717, 1.165) is 9.79 Å². The van der Waals surface area contributed by atoms with E-state index in [1.54, 1.807) is 24.3 Å². The van der Waals surface area contributed by atoms with Gasteiger partial charge in [-0.15, -0.1) is 0 Å². The third kappa shape index (κ3) is 5.15. The molecule has 0 saturated heterocycles. The third-order valence-corrected chi connectivity index (χ3v) is 5.49. The third-order valence-electron chi connectivity index (χ3n) is 2.51. The van der Waals surface area contributed by atoms with Crippen LogP contribution in [-0.2, 0) is 9.53 Å². The fourth-order valence-corrected chi connectivity index (χ4v) is 4.07. The first-order valence-corrected chi connectivity index (χ1v) is 8.52. The smallest absolute Gasteiger partial charge is 0.329 e. The van der Waals surface area contributed by atoms with Gasteiger partial charge in [0.2, 0.25) is 0 Å². The van der Waals surface area contributed by atoms with E-state index in [1.807, 2.05) is 24.3 Å². The second-order valence-electron chi connectivity index (χ2n) is 4.00. The van der Waals surface area contributed by atoms with Gasteiger partial charge in [-0.25, -0.2) is 4.79 Å². The number of esters is 1. The van der Waals surface area contributed by atoms with E-state index in [1.165, 1.54) is 30.6 Å². The lowest BCUT2D eigenvalue weighted by Crippen LogP contribution is -2.14. The van der Waals surface area contributed by atoms with Gasteiger partial charge in [0, 0.05) is 19.8 Å². The summed E-state index contributed by atoms with van der Waals surface area (Å²) in [6, 6.07) is 14.7. The van der Waals surface area contributed by atoms with Crippen molar-refractivity contribution in [2.45, 2.75) is 14.4 Å². The Morgan fingerprint density at radius 2 is 1.29 bits per heavy atom. The van der Waals surface area contributed by atoms with E-state index in [0.29, 0.717) is 10.0 Å². The van der Waals surface area contributed by atoms with Crippen molar-refractivity contribution in [1.29, 1.82) is 0 Å². The average molecular weight is 359 g/mol. The van der Waals surface area contributed by atoms with Crippen LogP contribution in [-0.4, -0.2) is 17.7 Å². The molecular formula is C15H12Cl2O2S2. The second kappa shape index (κ2) is 7.99. The zero-order valence-corrected chi connectivity index (χ0v) is 14.2. The maximum atomic E-state index is 11.9. The van der Waals surface area contributed by atoms with Gasteiger partial charge in [0.25, 0.3) is 0 Å². The quantitative estimate of drug-likeness (QED) is 0.407. The topological polar surface area (TPSA) is 26.3 Å². The molecule has 6 heteroatoms. The fraction of sp³-hybridized carbons (Fsp3) is 0.133. The maximum absolute atomic E-state index is 11.9. The number of thioether (sulfide) groups is 2. The predicted octanol–water partition coefficient (Wildman–Crippen LogP) is 5.38. The van der Waals surface area contributed by atoms with Gasteiger partial charge in [-0.1, -0.05) is 46.7 Å². The number of ether oxygens (including phenoxy) is 1.